The minimum Gasteiger partial charge on any atom is -0.339 e. The summed E-state index contributed by atoms with van der Waals surface area (Å²) < 4.78 is 1.57. The molecular weight excluding hydrogens is 248 g/mol. The van der Waals surface area contributed by atoms with Crippen LogP contribution in [0.25, 0.3) is 0 Å². The minimum absolute atomic E-state index is 0.0355. The topological polar surface area (TPSA) is 51.0 Å². The zero-order chi connectivity index (χ0) is 13.1. The molecule has 0 aliphatic rings. The van der Waals surface area contributed by atoms with Crippen molar-refractivity contribution < 1.29 is 4.79 Å². The number of rotatable bonds is 4. The molecular formula is C12H16N4OS. The van der Waals surface area contributed by atoms with Gasteiger partial charge in [0, 0.05) is 11.9 Å². The van der Waals surface area contributed by atoms with Gasteiger partial charge in [-0.05, 0) is 30.9 Å². The van der Waals surface area contributed by atoms with E-state index in [4.69, 9.17) is 0 Å². The van der Waals surface area contributed by atoms with Crippen molar-refractivity contribution in [1.29, 1.82) is 0 Å². The monoisotopic (exact) mass is 264 g/mol. The minimum atomic E-state index is -0.322. The van der Waals surface area contributed by atoms with Crippen molar-refractivity contribution in [3.63, 3.8) is 0 Å². The molecule has 0 saturated heterocycles. The molecule has 2 rings (SSSR count). The summed E-state index contributed by atoms with van der Waals surface area (Å²) in [7, 11) is 1.81. The van der Waals surface area contributed by atoms with E-state index in [1.807, 2.05) is 19.4 Å². The van der Waals surface area contributed by atoms with E-state index in [1.165, 1.54) is 16.8 Å². The van der Waals surface area contributed by atoms with Crippen LogP contribution in [0.2, 0.25) is 0 Å². The highest BCUT2D eigenvalue weighted by atomic mass is 32.1. The predicted octanol–water partition coefficient (Wildman–Crippen LogP) is 1.87. The van der Waals surface area contributed by atoms with E-state index in [0.717, 1.165) is 0 Å². The second-order valence-electron chi connectivity index (χ2n) is 4.27. The van der Waals surface area contributed by atoms with Crippen molar-refractivity contribution in [2.75, 3.05) is 7.05 Å². The molecule has 0 N–H and O–H groups in total. The standard InChI is InChI=1S/C12H16N4OS/c1-9-4-5-18-11(9)6-15(3)12(17)10(2)16-8-13-7-14-16/h4-5,7-8,10H,6H2,1-3H3/t10-/m1/s1. The summed E-state index contributed by atoms with van der Waals surface area (Å²) in [5.74, 6) is 0.0355. The van der Waals surface area contributed by atoms with Gasteiger partial charge >= 0.3 is 0 Å². The zero-order valence-electron chi connectivity index (χ0n) is 10.7. The smallest absolute Gasteiger partial charge is 0.247 e. The number of likely N-dealkylation sites (N-methyl/N-ethyl adjacent to an activating group) is 1. The van der Waals surface area contributed by atoms with E-state index in [2.05, 4.69) is 23.1 Å². The molecule has 0 aliphatic carbocycles. The fourth-order valence-corrected chi connectivity index (χ4v) is 2.67. The van der Waals surface area contributed by atoms with Gasteiger partial charge in [0.15, 0.2) is 0 Å². The van der Waals surface area contributed by atoms with E-state index in [-0.39, 0.29) is 11.9 Å². The Morgan fingerprint density at radius 3 is 2.94 bits per heavy atom. The Kier molecular flexibility index (Phi) is 3.76. The predicted molar refractivity (Wildman–Crippen MR) is 70.3 cm³/mol. The highest BCUT2D eigenvalue weighted by Gasteiger charge is 2.20. The maximum Gasteiger partial charge on any atom is 0.247 e. The lowest BCUT2D eigenvalue weighted by atomic mass is 10.2. The first-order chi connectivity index (χ1) is 8.59. The van der Waals surface area contributed by atoms with Crippen LogP contribution in [0.3, 0.4) is 0 Å². The van der Waals surface area contributed by atoms with E-state index in [1.54, 1.807) is 27.2 Å². The molecule has 0 aliphatic heterocycles. The highest BCUT2D eigenvalue weighted by molar-refractivity contribution is 7.10. The molecule has 2 aromatic rings. The quantitative estimate of drug-likeness (QED) is 0.847. The number of amides is 1. The van der Waals surface area contributed by atoms with E-state index >= 15 is 0 Å². The zero-order valence-corrected chi connectivity index (χ0v) is 11.5. The number of carbonyl (C=O) groups is 1. The van der Waals surface area contributed by atoms with Crippen LogP contribution < -0.4 is 0 Å². The van der Waals surface area contributed by atoms with Gasteiger partial charge in [0.1, 0.15) is 18.7 Å². The number of hydrogen-bond acceptors (Lipinski definition) is 4. The number of carbonyl (C=O) groups excluding carboxylic acids is 1. The van der Waals surface area contributed by atoms with Gasteiger partial charge < -0.3 is 4.90 Å². The van der Waals surface area contributed by atoms with Crippen LogP contribution in [0.15, 0.2) is 24.1 Å². The summed E-state index contributed by atoms with van der Waals surface area (Å²) >= 11 is 1.68. The molecule has 0 bridgehead atoms. The first kappa shape index (κ1) is 12.8. The molecule has 0 spiro atoms. The summed E-state index contributed by atoms with van der Waals surface area (Å²) in [6.45, 7) is 4.53. The Bertz CT molecular complexity index is 520. The van der Waals surface area contributed by atoms with Gasteiger partial charge in [-0.1, -0.05) is 0 Å². The second kappa shape index (κ2) is 5.30. The number of aryl methyl sites for hydroxylation is 1. The lowest BCUT2D eigenvalue weighted by Crippen LogP contribution is -2.32. The Balaban J connectivity index is 2.03. The number of hydrogen-bond donors (Lipinski definition) is 0. The molecule has 2 heterocycles. The van der Waals surface area contributed by atoms with Gasteiger partial charge in [0.2, 0.25) is 5.91 Å². The number of thiophene rings is 1. The van der Waals surface area contributed by atoms with Crippen LogP contribution in [0.4, 0.5) is 0 Å². The Labute approximate surface area is 110 Å². The van der Waals surface area contributed by atoms with Crippen molar-refractivity contribution in [3.8, 4) is 0 Å². The van der Waals surface area contributed by atoms with Crippen molar-refractivity contribution >= 4 is 17.2 Å². The molecule has 1 atom stereocenters. The normalized spacial score (nSPS) is 12.4. The van der Waals surface area contributed by atoms with Gasteiger partial charge in [-0.3, -0.25) is 4.79 Å². The second-order valence-corrected chi connectivity index (χ2v) is 5.27. The molecule has 2 aromatic heterocycles. The molecule has 0 radical (unpaired) electrons. The molecule has 6 heteroatoms. The van der Waals surface area contributed by atoms with Gasteiger partial charge in [-0.15, -0.1) is 11.3 Å². The molecule has 5 nitrogen and oxygen atoms in total. The van der Waals surface area contributed by atoms with Crippen LogP contribution in [0, 0.1) is 6.92 Å². The summed E-state index contributed by atoms with van der Waals surface area (Å²) in [5, 5.41) is 6.04. The van der Waals surface area contributed by atoms with Crippen molar-refractivity contribution in [2.24, 2.45) is 0 Å². The molecule has 18 heavy (non-hydrogen) atoms. The highest BCUT2D eigenvalue weighted by Crippen LogP contribution is 2.18. The van der Waals surface area contributed by atoms with E-state index < -0.39 is 0 Å². The maximum atomic E-state index is 12.2. The van der Waals surface area contributed by atoms with E-state index in [9.17, 15) is 4.79 Å². The first-order valence-electron chi connectivity index (χ1n) is 5.71. The maximum absolute atomic E-state index is 12.2. The van der Waals surface area contributed by atoms with Crippen LogP contribution >= 0.6 is 11.3 Å². The average Bonchev–Trinajstić information content (AvgIpc) is 3.00. The van der Waals surface area contributed by atoms with Crippen molar-refractivity contribution in [1.82, 2.24) is 19.7 Å². The van der Waals surface area contributed by atoms with Crippen LogP contribution in [0.5, 0.6) is 0 Å². The Morgan fingerprint density at radius 1 is 1.61 bits per heavy atom. The molecule has 96 valence electrons. The third kappa shape index (κ3) is 2.59. The largest absolute Gasteiger partial charge is 0.339 e. The molecule has 1 amide bonds. The SMILES string of the molecule is Cc1ccsc1CN(C)C(=O)[C@@H](C)n1cncn1. The lowest BCUT2D eigenvalue weighted by Gasteiger charge is -2.21. The molecule has 0 saturated carbocycles. The van der Waals surface area contributed by atoms with Gasteiger partial charge in [0.25, 0.3) is 0 Å². The van der Waals surface area contributed by atoms with Gasteiger partial charge in [-0.25, -0.2) is 9.67 Å². The van der Waals surface area contributed by atoms with Crippen LogP contribution in [-0.4, -0.2) is 32.6 Å². The third-order valence-electron chi connectivity index (χ3n) is 2.92. The first-order valence-corrected chi connectivity index (χ1v) is 6.59. The van der Waals surface area contributed by atoms with Crippen molar-refractivity contribution in [2.45, 2.75) is 26.4 Å². The summed E-state index contributed by atoms with van der Waals surface area (Å²) in [6.07, 6.45) is 3.00. The average molecular weight is 264 g/mol. The summed E-state index contributed by atoms with van der Waals surface area (Å²) in [4.78, 5) is 19.0. The summed E-state index contributed by atoms with van der Waals surface area (Å²) in [5.41, 5.74) is 1.23. The number of aromatic nitrogens is 3. The van der Waals surface area contributed by atoms with E-state index in [0.29, 0.717) is 6.54 Å². The Morgan fingerprint density at radius 2 is 2.39 bits per heavy atom. The third-order valence-corrected chi connectivity index (χ3v) is 3.92. The van der Waals surface area contributed by atoms with Crippen LogP contribution in [-0.2, 0) is 11.3 Å². The molecule has 0 aromatic carbocycles. The Hall–Kier alpha value is -1.69. The van der Waals surface area contributed by atoms with Gasteiger partial charge in [0.05, 0.1) is 6.54 Å². The fourth-order valence-electron chi connectivity index (χ4n) is 1.71. The van der Waals surface area contributed by atoms with Crippen molar-refractivity contribution in [3.05, 3.63) is 34.5 Å². The molecule has 0 unspecified atom stereocenters. The summed E-state index contributed by atoms with van der Waals surface area (Å²) in [6, 6.07) is 1.75. The van der Waals surface area contributed by atoms with Crippen LogP contribution in [0.1, 0.15) is 23.4 Å². The fraction of sp³-hybridized carbons (Fsp3) is 0.417. The lowest BCUT2D eigenvalue weighted by molar-refractivity contribution is -0.133. The number of nitrogens with zero attached hydrogens (tertiary/aromatic N) is 4. The molecule has 0 fully saturated rings. The van der Waals surface area contributed by atoms with Gasteiger partial charge in [-0.2, -0.15) is 5.10 Å².